The Morgan fingerprint density at radius 3 is 2.55 bits per heavy atom. The largest absolute Gasteiger partial charge is 0.467 e. The summed E-state index contributed by atoms with van der Waals surface area (Å²) in [5.41, 5.74) is 2.14. The molecule has 300 valence electrons. The Morgan fingerprint density at radius 1 is 1.05 bits per heavy atom. The normalized spacial score (nSPS) is 38.5. The highest BCUT2D eigenvalue weighted by Crippen LogP contribution is 2.68. The molecule has 3 fully saturated rings. The van der Waals surface area contributed by atoms with E-state index in [-0.39, 0.29) is 17.8 Å². The van der Waals surface area contributed by atoms with E-state index < -0.39 is 51.5 Å². The number of anilines is 1. The first kappa shape index (κ1) is 37.8. The quantitative estimate of drug-likeness (QED) is 0.236. The van der Waals surface area contributed by atoms with Gasteiger partial charge in [-0.25, -0.2) is 9.18 Å². The number of nitrogens with zero attached hydrogens (tertiary/aromatic N) is 3. The third-order valence-electron chi connectivity index (χ3n) is 15.5. The van der Waals surface area contributed by atoms with Gasteiger partial charge in [0, 0.05) is 84.7 Å². The minimum Gasteiger partial charge on any atom is -0.467 e. The van der Waals surface area contributed by atoms with E-state index in [9.17, 15) is 19.8 Å². The van der Waals surface area contributed by atoms with Gasteiger partial charge < -0.3 is 29.6 Å². The van der Waals surface area contributed by atoms with Crippen LogP contribution in [0, 0.1) is 24.1 Å². The van der Waals surface area contributed by atoms with Crippen molar-refractivity contribution in [1.29, 1.82) is 0 Å². The average Bonchev–Trinajstić information content (AvgIpc) is 3.82. The van der Waals surface area contributed by atoms with Gasteiger partial charge in [-0.1, -0.05) is 32.1 Å². The second-order valence-corrected chi connectivity index (χ2v) is 18.4. The van der Waals surface area contributed by atoms with Gasteiger partial charge in [-0.15, -0.1) is 0 Å². The number of ether oxygens (including phenoxy) is 2. The Balaban J connectivity index is 1.30. The van der Waals surface area contributed by atoms with Crippen molar-refractivity contribution in [3.05, 3.63) is 76.2 Å². The molecular formula is C45H57FN4O6. The predicted octanol–water partition coefficient (Wildman–Crippen LogP) is 5.28. The van der Waals surface area contributed by atoms with E-state index in [0.29, 0.717) is 45.2 Å². The first-order valence-corrected chi connectivity index (χ1v) is 20.6. The third kappa shape index (κ3) is 4.86. The lowest BCUT2D eigenvalue weighted by atomic mass is 9.47. The summed E-state index contributed by atoms with van der Waals surface area (Å²) in [6, 6.07) is 8.64. The molecule has 56 heavy (non-hydrogen) atoms. The van der Waals surface area contributed by atoms with Crippen molar-refractivity contribution in [2.75, 3.05) is 51.8 Å². The molecule has 10 nitrogen and oxygen atoms in total. The van der Waals surface area contributed by atoms with Crippen molar-refractivity contribution in [3.8, 4) is 0 Å². The highest BCUT2D eigenvalue weighted by atomic mass is 19.1. The number of piperidine rings is 1. The molecule has 9 rings (SSSR count). The van der Waals surface area contributed by atoms with Gasteiger partial charge >= 0.3 is 11.9 Å². The molecule has 2 unspecified atom stereocenters. The SMILES string of the molecule is CC[C@]1(O)C[C@@H]2CN(CCc3c([nH]c4ccc(F)cc34)[C@@](C)(c3cc4c(cc3C)N(C)C3[C@]45CCN4CC=C[C@@](CC)([C@@H](OC(C)=O)[C@]3(O)C(=O)OC)[C@H]45)C2)C1. The molecule has 2 aromatic carbocycles. The smallest absolute Gasteiger partial charge is 0.344 e. The number of esters is 2. The lowest BCUT2D eigenvalue weighted by molar-refractivity contribution is -0.228. The number of halogens is 1. The monoisotopic (exact) mass is 768 g/mol. The van der Waals surface area contributed by atoms with E-state index in [4.69, 9.17) is 9.47 Å². The fourth-order valence-corrected chi connectivity index (χ4v) is 13.5. The molecule has 3 aromatic rings. The minimum atomic E-state index is -2.20. The van der Waals surface area contributed by atoms with E-state index in [1.165, 1.54) is 20.1 Å². The number of benzene rings is 2. The van der Waals surface area contributed by atoms with Crippen LogP contribution in [0.3, 0.4) is 0 Å². The van der Waals surface area contributed by atoms with Crippen LogP contribution >= 0.6 is 0 Å². The van der Waals surface area contributed by atoms with Crippen LogP contribution in [0.5, 0.6) is 0 Å². The maximum atomic E-state index is 15.0. The number of fused-ring (bicyclic) bond motifs is 6. The van der Waals surface area contributed by atoms with Crippen molar-refractivity contribution >= 4 is 28.5 Å². The van der Waals surface area contributed by atoms with Gasteiger partial charge in [-0.05, 0) is 111 Å². The third-order valence-corrected chi connectivity index (χ3v) is 15.5. The maximum absolute atomic E-state index is 15.0. The number of hydrogen-bond donors (Lipinski definition) is 3. The number of carbonyl (C=O) groups excluding carboxylic acids is 2. The number of nitrogens with one attached hydrogen (secondary N) is 1. The number of carbonyl (C=O) groups is 2. The van der Waals surface area contributed by atoms with Gasteiger partial charge in [-0.3, -0.25) is 14.6 Å². The van der Waals surface area contributed by atoms with Crippen LogP contribution in [0.2, 0.25) is 0 Å². The maximum Gasteiger partial charge on any atom is 0.344 e. The number of aromatic nitrogens is 1. The number of methoxy groups -OCH3 is 1. The molecule has 0 radical (unpaired) electrons. The molecule has 1 aromatic heterocycles. The number of hydrogen-bond acceptors (Lipinski definition) is 9. The number of H-pyrrole nitrogens is 1. The number of aromatic amines is 1. The molecule has 11 heteroatoms. The molecule has 6 heterocycles. The fourth-order valence-electron chi connectivity index (χ4n) is 13.5. The highest BCUT2D eigenvalue weighted by molar-refractivity contribution is 5.88. The number of aliphatic hydroxyl groups is 2. The second kappa shape index (κ2) is 12.6. The Bertz CT molecular complexity index is 2170. The van der Waals surface area contributed by atoms with E-state index in [2.05, 4.69) is 71.7 Å². The standard InChI is InChI=1S/C45H57FN4O6/c1-8-42(53)23-28-22-41(5,36-30(13-17-49(24-28)25-42)31-20-29(46)11-12-34(31)47-36)32-21-33-35(19-26(32)3)48(6)38-44(33)15-18-50-16-10-14-43(9-2,37(44)50)39(56-27(4)51)45(38,54)40(52)55-7/h10-12,14,19-21,28,37-39,47,53-54H,8-9,13,15-18,22-25H2,1-7H3/t28-,37+,38?,39-,41-,42+,43-,44-,45+/m1/s1. The van der Waals surface area contributed by atoms with Gasteiger partial charge in [-0.2, -0.15) is 0 Å². The van der Waals surface area contributed by atoms with Gasteiger partial charge in [0.1, 0.15) is 5.82 Å². The molecule has 6 aliphatic rings. The molecule has 10 atom stereocenters. The summed E-state index contributed by atoms with van der Waals surface area (Å²) < 4.78 is 26.6. The zero-order chi connectivity index (χ0) is 39.7. The van der Waals surface area contributed by atoms with Crippen LogP contribution in [-0.4, -0.2) is 113 Å². The summed E-state index contributed by atoms with van der Waals surface area (Å²) in [6.45, 7) is 13.7. The summed E-state index contributed by atoms with van der Waals surface area (Å²) in [5.74, 6) is -1.44. The molecule has 3 N–H and O–H groups in total. The van der Waals surface area contributed by atoms with E-state index in [1.54, 1.807) is 6.07 Å². The Morgan fingerprint density at radius 2 is 1.84 bits per heavy atom. The Hall–Kier alpha value is -3.77. The topological polar surface area (TPSA) is 119 Å². The lowest BCUT2D eigenvalue weighted by Crippen LogP contribution is -2.81. The summed E-state index contributed by atoms with van der Waals surface area (Å²) >= 11 is 0. The first-order valence-electron chi connectivity index (χ1n) is 20.6. The van der Waals surface area contributed by atoms with E-state index in [0.717, 1.165) is 70.6 Å². The predicted molar refractivity (Wildman–Crippen MR) is 212 cm³/mol. The first-order chi connectivity index (χ1) is 26.6. The van der Waals surface area contributed by atoms with Gasteiger partial charge in [0.15, 0.2) is 6.10 Å². The zero-order valence-corrected chi connectivity index (χ0v) is 33.9. The number of rotatable bonds is 5. The summed E-state index contributed by atoms with van der Waals surface area (Å²) in [6.07, 6.45) is 7.07. The van der Waals surface area contributed by atoms with Crippen molar-refractivity contribution in [2.24, 2.45) is 11.3 Å². The van der Waals surface area contributed by atoms with E-state index in [1.807, 2.05) is 13.1 Å². The molecule has 1 saturated carbocycles. The van der Waals surface area contributed by atoms with Gasteiger partial charge in [0.05, 0.1) is 18.8 Å². The molecule has 0 amide bonds. The molecule has 5 aliphatic heterocycles. The van der Waals surface area contributed by atoms with Crippen molar-refractivity contribution in [3.63, 3.8) is 0 Å². The molecular weight excluding hydrogens is 712 g/mol. The molecule has 2 bridgehead atoms. The average molecular weight is 769 g/mol. The van der Waals surface area contributed by atoms with Crippen LogP contribution in [-0.2, 0) is 36.3 Å². The van der Waals surface area contributed by atoms with Crippen molar-refractivity contribution in [1.82, 2.24) is 14.8 Å². The van der Waals surface area contributed by atoms with E-state index >= 15 is 4.39 Å². The Labute approximate surface area is 329 Å². The lowest BCUT2D eigenvalue weighted by Gasteiger charge is -2.63. The summed E-state index contributed by atoms with van der Waals surface area (Å²) in [5, 5.41) is 26.0. The number of likely N-dealkylation sites (N-methyl/N-ethyl adjacent to an activating group) is 1. The second-order valence-electron chi connectivity index (χ2n) is 18.4. The molecule has 1 spiro atoms. The Kier molecular flexibility index (Phi) is 8.51. The van der Waals surface area contributed by atoms with Crippen LogP contribution in [0.1, 0.15) is 87.7 Å². The van der Waals surface area contributed by atoms with Gasteiger partial charge in [0.25, 0.3) is 0 Å². The van der Waals surface area contributed by atoms with Crippen LogP contribution in [0.4, 0.5) is 10.1 Å². The minimum absolute atomic E-state index is 0.185. The highest BCUT2D eigenvalue weighted by Gasteiger charge is 2.80. The van der Waals surface area contributed by atoms with Crippen LogP contribution in [0.15, 0.2) is 42.5 Å². The van der Waals surface area contributed by atoms with Crippen LogP contribution < -0.4 is 4.90 Å². The zero-order valence-electron chi connectivity index (χ0n) is 33.9. The number of aryl methyl sites for hydroxylation is 1. The molecule has 1 aliphatic carbocycles. The van der Waals surface area contributed by atoms with Crippen molar-refractivity contribution < 1.29 is 33.7 Å². The summed E-state index contributed by atoms with van der Waals surface area (Å²) in [7, 11) is 3.24. The fraction of sp³-hybridized carbons (Fsp3) is 0.600. The molecule has 2 saturated heterocycles. The summed E-state index contributed by atoms with van der Waals surface area (Å²) in [4.78, 5) is 38.0. The van der Waals surface area contributed by atoms with Crippen LogP contribution in [0.25, 0.3) is 10.9 Å². The van der Waals surface area contributed by atoms with Gasteiger partial charge in [0.2, 0.25) is 5.60 Å². The van der Waals surface area contributed by atoms with Crippen molar-refractivity contribution in [2.45, 2.75) is 113 Å².